The molecule has 1 aliphatic heterocycles. The smallest absolute Gasteiger partial charge is 0.246 e. The SMILES string of the molecule is CCN(Cc1nc(C(C)C)no1)C(=O)C1CCS(=O)(=O)C1. The number of sulfone groups is 1. The second kappa shape index (κ2) is 6.13. The van der Waals surface area contributed by atoms with Crippen molar-refractivity contribution >= 4 is 15.7 Å². The zero-order chi connectivity index (χ0) is 15.6. The Morgan fingerprint density at radius 3 is 2.67 bits per heavy atom. The molecule has 0 spiro atoms. The molecular formula is C13H21N3O4S. The van der Waals surface area contributed by atoms with Crippen molar-refractivity contribution in [2.45, 2.75) is 39.7 Å². The molecule has 0 aromatic carbocycles. The van der Waals surface area contributed by atoms with Crippen molar-refractivity contribution < 1.29 is 17.7 Å². The first kappa shape index (κ1) is 15.9. The molecule has 1 amide bonds. The molecule has 2 rings (SSSR count). The molecule has 1 saturated heterocycles. The summed E-state index contributed by atoms with van der Waals surface area (Å²) in [4.78, 5) is 18.2. The fourth-order valence-electron chi connectivity index (χ4n) is 2.32. The molecule has 1 aromatic rings. The summed E-state index contributed by atoms with van der Waals surface area (Å²) in [5, 5.41) is 3.86. The summed E-state index contributed by atoms with van der Waals surface area (Å²) in [5.74, 6) is 0.605. The van der Waals surface area contributed by atoms with Crippen LogP contribution in [-0.4, -0.2) is 47.4 Å². The number of aromatic nitrogens is 2. The van der Waals surface area contributed by atoms with Crippen LogP contribution in [0, 0.1) is 5.92 Å². The number of carbonyl (C=O) groups is 1. The van der Waals surface area contributed by atoms with Gasteiger partial charge in [0.2, 0.25) is 11.8 Å². The van der Waals surface area contributed by atoms with Crippen LogP contribution in [0.5, 0.6) is 0 Å². The molecule has 1 fully saturated rings. The lowest BCUT2D eigenvalue weighted by Gasteiger charge is -2.21. The van der Waals surface area contributed by atoms with Crippen LogP contribution in [0.25, 0.3) is 0 Å². The Balaban J connectivity index is 2.03. The molecule has 0 saturated carbocycles. The summed E-state index contributed by atoms with van der Waals surface area (Å²) in [6.45, 7) is 6.48. The number of amides is 1. The van der Waals surface area contributed by atoms with E-state index in [0.29, 0.717) is 24.7 Å². The van der Waals surface area contributed by atoms with Gasteiger partial charge in [-0.3, -0.25) is 4.79 Å². The quantitative estimate of drug-likeness (QED) is 0.804. The van der Waals surface area contributed by atoms with Gasteiger partial charge in [0.1, 0.15) is 0 Å². The van der Waals surface area contributed by atoms with E-state index in [9.17, 15) is 13.2 Å². The fraction of sp³-hybridized carbons (Fsp3) is 0.769. The van der Waals surface area contributed by atoms with Gasteiger partial charge in [0.05, 0.1) is 24.0 Å². The van der Waals surface area contributed by atoms with Crippen molar-refractivity contribution in [3.63, 3.8) is 0 Å². The van der Waals surface area contributed by atoms with E-state index in [4.69, 9.17) is 4.52 Å². The van der Waals surface area contributed by atoms with Crippen LogP contribution in [-0.2, 0) is 21.2 Å². The Hall–Kier alpha value is -1.44. The summed E-state index contributed by atoms with van der Waals surface area (Å²) in [6.07, 6.45) is 0.402. The highest BCUT2D eigenvalue weighted by Gasteiger charge is 2.35. The van der Waals surface area contributed by atoms with E-state index in [1.54, 1.807) is 4.90 Å². The van der Waals surface area contributed by atoms with Crippen LogP contribution in [0.15, 0.2) is 4.52 Å². The predicted molar refractivity (Wildman–Crippen MR) is 76.2 cm³/mol. The first-order chi connectivity index (χ1) is 9.82. The van der Waals surface area contributed by atoms with Crippen LogP contribution in [0.1, 0.15) is 44.8 Å². The Labute approximate surface area is 124 Å². The summed E-state index contributed by atoms with van der Waals surface area (Å²) < 4.78 is 28.1. The molecule has 1 unspecified atom stereocenters. The molecule has 0 N–H and O–H groups in total. The van der Waals surface area contributed by atoms with Crippen LogP contribution >= 0.6 is 0 Å². The summed E-state index contributed by atoms with van der Waals surface area (Å²) >= 11 is 0. The Bertz CT molecular complexity index is 609. The van der Waals surface area contributed by atoms with Crippen molar-refractivity contribution in [3.8, 4) is 0 Å². The standard InChI is InChI=1S/C13H21N3O4S/c1-4-16(7-11-14-12(9(2)3)15-20-11)13(17)10-5-6-21(18,19)8-10/h9-10H,4-8H2,1-3H3. The lowest BCUT2D eigenvalue weighted by molar-refractivity contribution is -0.135. The molecule has 7 nitrogen and oxygen atoms in total. The first-order valence-electron chi connectivity index (χ1n) is 7.14. The van der Waals surface area contributed by atoms with E-state index >= 15 is 0 Å². The topological polar surface area (TPSA) is 93.4 Å². The van der Waals surface area contributed by atoms with Gasteiger partial charge in [-0.05, 0) is 13.3 Å². The number of carbonyl (C=O) groups excluding carboxylic acids is 1. The van der Waals surface area contributed by atoms with Gasteiger partial charge in [0.15, 0.2) is 15.7 Å². The first-order valence-corrected chi connectivity index (χ1v) is 8.96. The second-order valence-electron chi connectivity index (χ2n) is 5.65. The van der Waals surface area contributed by atoms with E-state index in [-0.39, 0.29) is 29.9 Å². The highest BCUT2D eigenvalue weighted by molar-refractivity contribution is 7.91. The molecule has 1 atom stereocenters. The fourth-order valence-corrected chi connectivity index (χ4v) is 4.06. The minimum atomic E-state index is -3.06. The summed E-state index contributed by atoms with van der Waals surface area (Å²) in [6, 6.07) is 0. The molecule has 0 radical (unpaired) electrons. The van der Waals surface area contributed by atoms with E-state index in [1.165, 1.54) is 0 Å². The molecule has 2 heterocycles. The summed E-state index contributed by atoms with van der Waals surface area (Å²) in [5.41, 5.74) is 0. The van der Waals surface area contributed by atoms with E-state index < -0.39 is 15.8 Å². The van der Waals surface area contributed by atoms with E-state index in [2.05, 4.69) is 10.1 Å². The average Bonchev–Trinajstić information content (AvgIpc) is 3.01. The van der Waals surface area contributed by atoms with Gasteiger partial charge in [-0.1, -0.05) is 19.0 Å². The molecule has 1 aliphatic rings. The van der Waals surface area contributed by atoms with Crippen LogP contribution in [0.3, 0.4) is 0 Å². The number of hydrogen-bond donors (Lipinski definition) is 0. The lowest BCUT2D eigenvalue weighted by Crippen LogP contribution is -2.36. The normalized spacial score (nSPS) is 20.9. The molecule has 21 heavy (non-hydrogen) atoms. The zero-order valence-electron chi connectivity index (χ0n) is 12.6. The third-order valence-corrected chi connectivity index (χ3v) is 5.37. The Kier molecular flexibility index (Phi) is 4.65. The number of nitrogens with zero attached hydrogens (tertiary/aromatic N) is 3. The number of rotatable bonds is 5. The van der Waals surface area contributed by atoms with Crippen molar-refractivity contribution in [1.82, 2.24) is 15.0 Å². The highest BCUT2D eigenvalue weighted by Crippen LogP contribution is 2.21. The Morgan fingerprint density at radius 1 is 1.48 bits per heavy atom. The van der Waals surface area contributed by atoms with Crippen molar-refractivity contribution in [3.05, 3.63) is 11.7 Å². The van der Waals surface area contributed by atoms with Gasteiger partial charge in [0, 0.05) is 12.5 Å². The van der Waals surface area contributed by atoms with Gasteiger partial charge in [-0.25, -0.2) is 8.42 Å². The maximum atomic E-state index is 12.4. The minimum Gasteiger partial charge on any atom is -0.337 e. The third-order valence-electron chi connectivity index (χ3n) is 3.60. The van der Waals surface area contributed by atoms with Crippen molar-refractivity contribution in [2.75, 3.05) is 18.1 Å². The molecule has 0 bridgehead atoms. The maximum absolute atomic E-state index is 12.4. The predicted octanol–water partition coefficient (Wildman–Crippen LogP) is 0.976. The molecule has 8 heteroatoms. The van der Waals surface area contributed by atoms with E-state index in [0.717, 1.165) is 0 Å². The molecule has 1 aromatic heterocycles. The third kappa shape index (κ3) is 3.81. The minimum absolute atomic E-state index is 0.0522. The monoisotopic (exact) mass is 315 g/mol. The molecular weight excluding hydrogens is 294 g/mol. The zero-order valence-corrected chi connectivity index (χ0v) is 13.4. The van der Waals surface area contributed by atoms with Crippen LogP contribution in [0.4, 0.5) is 0 Å². The highest BCUT2D eigenvalue weighted by atomic mass is 32.2. The van der Waals surface area contributed by atoms with Gasteiger partial charge in [-0.15, -0.1) is 0 Å². The molecule has 0 aliphatic carbocycles. The van der Waals surface area contributed by atoms with E-state index in [1.807, 2.05) is 20.8 Å². The van der Waals surface area contributed by atoms with Crippen molar-refractivity contribution in [2.24, 2.45) is 5.92 Å². The van der Waals surface area contributed by atoms with Gasteiger partial charge in [0.25, 0.3) is 0 Å². The van der Waals surface area contributed by atoms with Gasteiger partial charge in [-0.2, -0.15) is 4.98 Å². The lowest BCUT2D eigenvalue weighted by atomic mass is 10.1. The number of hydrogen-bond acceptors (Lipinski definition) is 6. The molecule has 118 valence electrons. The maximum Gasteiger partial charge on any atom is 0.246 e. The van der Waals surface area contributed by atoms with Gasteiger partial charge < -0.3 is 9.42 Å². The van der Waals surface area contributed by atoms with Crippen molar-refractivity contribution in [1.29, 1.82) is 0 Å². The largest absolute Gasteiger partial charge is 0.337 e. The second-order valence-corrected chi connectivity index (χ2v) is 7.88. The van der Waals surface area contributed by atoms with Crippen LogP contribution in [0.2, 0.25) is 0 Å². The van der Waals surface area contributed by atoms with Crippen LogP contribution < -0.4 is 0 Å². The Morgan fingerprint density at radius 2 is 2.19 bits per heavy atom. The van der Waals surface area contributed by atoms with Gasteiger partial charge >= 0.3 is 0 Å². The average molecular weight is 315 g/mol. The summed E-state index contributed by atoms with van der Waals surface area (Å²) in [7, 11) is -3.06.